The summed E-state index contributed by atoms with van der Waals surface area (Å²) in [7, 11) is 0. The van der Waals surface area contributed by atoms with Crippen molar-refractivity contribution in [2.75, 3.05) is 0 Å². The molecule has 0 aliphatic heterocycles. The summed E-state index contributed by atoms with van der Waals surface area (Å²) in [6.45, 7) is 3.61. The zero-order chi connectivity index (χ0) is 10.7. The minimum absolute atomic E-state index is 0.0103. The largest absolute Gasteiger partial charge is 0.475 e. The van der Waals surface area contributed by atoms with E-state index in [1.807, 2.05) is 0 Å². The lowest BCUT2D eigenvalue weighted by atomic mass is 10.3. The SMILES string of the molecule is CC(C)NC(=O)c1ccc(C(=O)O)o1. The van der Waals surface area contributed by atoms with Crippen molar-refractivity contribution in [1.29, 1.82) is 0 Å². The zero-order valence-electron chi connectivity index (χ0n) is 7.90. The van der Waals surface area contributed by atoms with Crippen molar-refractivity contribution in [3.05, 3.63) is 23.7 Å². The van der Waals surface area contributed by atoms with E-state index in [0.29, 0.717) is 0 Å². The van der Waals surface area contributed by atoms with E-state index in [-0.39, 0.29) is 17.6 Å². The Morgan fingerprint density at radius 3 is 2.36 bits per heavy atom. The highest BCUT2D eigenvalue weighted by atomic mass is 16.4. The molecule has 0 aliphatic rings. The molecule has 1 aromatic heterocycles. The van der Waals surface area contributed by atoms with Crippen LogP contribution in [0.1, 0.15) is 35.0 Å². The fourth-order valence-corrected chi connectivity index (χ4v) is 0.908. The van der Waals surface area contributed by atoms with Gasteiger partial charge in [0.1, 0.15) is 0 Å². The standard InChI is InChI=1S/C9H11NO4/c1-5(2)10-8(11)6-3-4-7(14-6)9(12)13/h3-5H,1-2H3,(H,10,11)(H,12,13). The Bertz CT molecular complexity index is 353. The maximum absolute atomic E-state index is 11.3. The Morgan fingerprint density at radius 1 is 1.36 bits per heavy atom. The van der Waals surface area contributed by atoms with Crippen LogP contribution < -0.4 is 5.32 Å². The summed E-state index contributed by atoms with van der Waals surface area (Å²) in [5.41, 5.74) is 0. The normalized spacial score (nSPS) is 10.2. The van der Waals surface area contributed by atoms with E-state index in [4.69, 9.17) is 9.52 Å². The maximum atomic E-state index is 11.3. The van der Waals surface area contributed by atoms with Gasteiger partial charge in [-0.3, -0.25) is 4.79 Å². The molecular weight excluding hydrogens is 186 g/mol. The van der Waals surface area contributed by atoms with Gasteiger partial charge in [-0.1, -0.05) is 0 Å². The molecular formula is C9H11NO4. The average molecular weight is 197 g/mol. The molecule has 1 heterocycles. The number of aromatic carboxylic acids is 1. The van der Waals surface area contributed by atoms with Crippen LogP contribution in [0.15, 0.2) is 16.5 Å². The number of hydrogen-bond acceptors (Lipinski definition) is 3. The topological polar surface area (TPSA) is 79.5 Å². The highest BCUT2D eigenvalue weighted by molar-refractivity contribution is 5.93. The molecule has 1 amide bonds. The Labute approximate surface area is 80.7 Å². The summed E-state index contributed by atoms with van der Waals surface area (Å²) in [6, 6.07) is 2.57. The van der Waals surface area contributed by atoms with Crippen LogP contribution in [-0.2, 0) is 0 Å². The molecule has 0 bridgehead atoms. The molecule has 0 saturated heterocycles. The summed E-state index contributed by atoms with van der Waals surface area (Å²) >= 11 is 0. The molecule has 5 heteroatoms. The first kappa shape index (κ1) is 10.3. The Morgan fingerprint density at radius 2 is 1.93 bits per heavy atom. The van der Waals surface area contributed by atoms with Gasteiger partial charge in [0.05, 0.1) is 0 Å². The van der Waals surface area contributed by atoms with Crippen molar-refractivity contribution in [2.24, 2.45) is 0 Å². The Kier molecular flexibility index (Phi) is 2.91. The van der Waals surface area contributed by atoms with Crippen LogP contribution in [0.25, 0.3) is 0 Å². The molecule has 14 heavy (non-hydrogen) atoms. The van der Waals surface area contributed by atoms with Gasteiger partial charge in [-0.05, 0) is 26.0 Å². The monoisotopic (exact) mass is 197 g/mol. The molecule has 0 radical (unpaired) electrons. The molecule has 0 aliphatic carbocycles. The predicted octanol–water partition coefficient (Wildman–Crippen LogP) is 1.12. The number of carbonyl (C=O) groups excluding carboxylic acids is 1. The summed E-state index contributed by atoms with van der Waals surface area (Å²) < 4.78 is 4.80. The minimum atomic E-state index is -1.19. The third kappa shape index (κ3) is 2.35. The van der Waals surface area contributed by atoms with Crippen LogP contribution in [0.2, 0.25) is 0 Å². The van der Waals surface area contributed by atoms with E-state index in [1.165, 1.54) is 12.1 Å². The van der Waals surface area contributed by atoms with E-state index >= 15 is 0 Å². The fraction of sp³-hybridized carbons (Fsp3) is 0.333. The zero-order valence-corrected chi connectivity index (χ0v) is 7.90. The van der Waals surface area contributed by atoms with Gasteiger partial charge in [0.15, 0.2) is 5.76 Å². The van der Waals surface area contributed by atoms with Crippen LogP contribution in [-0.4, -0.2) is 23.0 Å². The first-order chi connectivity index (χ1) is 6.50. The van der Waals surface area contributed by atoms with Crippen molar-refractivity contribution >= 4 is 11.9 Å². The fourth-order valence-electron chi connectivity index (χ4n) is 0.908. The lowest BCUT2D eigenvalue weighted by Crippen LogP contribution is -2.29. The third-order valence-corrected chi connectivity index (χ3v) is 1.46. The molecule has 0 spiro atoms. The van der Waals surface area contributed by atoms with Crippen LogP contribution in [0.3, 0.4) is 0 Å². The first-order valence-corrected chi connectivity index (χ1v) is 4.14. The molecule has 0 fully saturated rings. The summed E-state index contributed by atoms with van der Waals surface area (Å²) in [4.78, 5) is 21.7. The van der Waals surface area contributed by atoms with Gasteiger partial charge in [-0.15, -0.1) is 0 Å². The number of rotatable bonds is 3. The maximum Gasteiger partial charge on any atom is 0.371 e. The van der Waals surface area contributed by atoms with E-state index in [2.05, 4.69) is 5.32 Å². The van der Waals surface area contributed by atoms with Gasteiger partial charge in [0, 0.05) is 6.04 Å². The van der Waals surface area contributed by atoms with Crippen molar-refractivity contribution in [3.8, 4) is 0 Å². The third-order valence-electron chi connectivity index (χ3n) is 1.46. The number of hydrogen-bond donors (Lipinski definition) is 2. The Balaban J connectivity index is 2.76. The molecule has 2 N–H and O–H groups in total. The number of carboxylic acid groups (broad SMARTS) is 1. The van der Waals surface area contributed by atoms with E-state index in [0.717, 1.165) is 0 Å². The molecule has 1 aromatic rings. The lowest BCUT2D eigenvalue weighted by molar-refractivity contribution is 0.0659. The predicted molar refractivity (Wildman–Crippen MR) is 48.3 cm³/mol. The molecule has 1 rings (SSSR count). The minimum Gasteiger partial charge on any atom is -0.475 e. The van der Waals surface area contributed by atoms with Gasteiger partial charge in [-0.2, -0.15) is 0 Å². The quantitative estimate of drug-likeness (QED) is 0.760. The van der Waals surface area contributed by atoms with E-state index in [1.54, 1.807) is 13.8 Å². The smallest absolute Gasteiger partial charge is 0.371 e. The van der Waals surface area contributed by atoms with Crippen LogP contribution >= 0.6 is 0 Å². The van der Waals surface area contributed by atoms with Gasteiger partial charge < -0.3 is 14.8 Å². The van der Waals surface area contributed by atoms with Crippen molar-refractivity contribution in [3.63, 3.8) is 0 Å². The molecule has 5 nitrogen and oxygen atoms in total. The van der Waals surface area contributed by atoms with Crippen molar-refractivity contribution in [2.45, 2.75) is 19.9 Å². The Hall–Kier alpha value is -1.78. The molecule has 0 unspecified atom stereocenters. The van der Waals surface area contributed by atoms with Crippen LogP contribution in [0.5, 0.6) is 0 Å². The summed E-state index contributed by atoms with van der Waals surface area (Å²) in [6.07, 6.45) is 0. The van der Waals surface area contributed by atoms with Gasteiger partial charge >= 0.3 is 5.97 Å². The average Bonchev–Trinajstić information content (AvgIpc) is 2.50. The van der Waals surface area contributed by atoms with E-state index < -0.39 is 11.9 Å². The van der Waals surface area contributed by atoms with Crippen LogP contribution in [0.4, 0.5) is 0 Å². The van der Waals surface area contributed by atoms with Gasteiger partial charge in [0.2, 0.25) is 5.76 Å². The van der Waals surface area contributed by atoms with Gasteiger partial charge in [-0.25, -0.2) is 4.79 Å². The van der Waals surface area contributed by atoms with E-state index in [9.17, 15) is 9.59 Å². The first-order valence-electron chi connectivity index (χ1n) is 4.14. The number of carbonyl (C=O) groups is 2. The van der Waals surface area contributed by atoms with Gasteiger partial charge in [0.25, 0.3) is 5.91 Å². The second-order valence-electron chi connectivity index (χ2n) is 3.10. The lowest BCUT2D eigenvalue weighted by Gasteiger charge is -2.04. The number of furan rings is 1. The van der Waals surface area contributed by atoms with Crippen molar-refractivity contribution in [1.82, 2.24) is 5.32 Å². The highest BCUT2D eigenvalue weighted by Gasteiger charge is 2.14. The molecule has 0 aromatic carbocycles. The summed E-state index contributed by atoms with van der Waals surface area (Å²) in [5.74, 6) is -1.82. The molecule has 76 valence electrons. The second kappa shape index (κ2) is 3.95. The summed E-state index contributed by atoms with van der Waals surface area (Å²) in [5, 5.41) is 11.1. The van der Waals surface area contributed by atoms with Crippen molar-refractivity contribution < 1.29 is 19.1 Å². The number of nitrogens with one attached hydrogen (secondary N) is 1. The number of amides is 1. The molecule has 0 saturated carbocycles. The highest BCUT2D eigenvalue weighted by Crippen LogP contribution is 2.07. The van der Waals surface area contributed by atoms with Crippen LogP contribution in [0, 0.1) is 0 Å². The second-order valence-corrected chi connectivity index (χ2v) is 3.10. The molecule has 0 atom stereocenters. The number of carboxylic acids is 1.